The zero-order valence-electron chi connectivity index (χ0n) is 8.83. The van der Waals surface area contributed by atoms with Gasteiger partial charge >= 0.3 is 0 Å². The monoisotopic (exact) mass is 195 g/mol. The fourth-order valence-electron chi connectivity index (χ4n) is 1.28. The third kappa shape index (κ3) is 2.64. The molecule has 0 radical (unpaired) electrons. The average molecular weight is 195 g/mol. The highest BCUT2D eigenvalue weighted by Crippen LogP contribution is 2.25. The molecule has 0 aliphatic rings. The SMILES string of the molecule is CNC(C)(C)Cc1cc(O)ccc1O. The molecular weight excluding hydrogens is 178 g/mol. The van der Waals surface area contributed by atoms with E-state index in [4.69, 9.17) is 0 Å². The molecule has 0 aliphatic carbocycles. The molecule has 0 aromatic heterocycles. The Morgan fingerprint density at radius 2 is 1.93 bits per heavy atom. The van der Waals surface area contributed by atoms with Crippen LogP contribution < -0.4 is 5.32 Å². The molecule has 3 N–H and O–H groups in total. The number of benzene rings is 1. The second kappa shape index (κ2) is 3.88. The van der Waals surface area contributed by atoms with E-state index < -0.39 is 0 Å². The van der Waals surface area contributed by atoms with Crippen molar-refractivity contribution < 1.29 is 10.2 Å². The molecule has 78 valence electrons. The first-order valence-corrected chi connectivity index (χ1v) is 4.64. The van der Waals surface area contributed by atoms with Crippen molar-refractivity contribution in [2.75, 3.05) is 7.05 Å². The Hall–Kier alpha value is -1.22. The van der Waals surface area contributed by atoms with Crippen LogP contribution in [0.3, 0.4) is 0 Å². The van der Waals surface area contributed by atoms with Gasteiger partial charge in [0.05, 0.1) is 0 Å². The summed E-state index contributed by atoms with van der Waals surface area (Å²) in [4.78, 5) is 0. The number of rotatable bonds is 3. The van der Waals surface area contributed by atoms with Crippen LogP contribution in [0.15, 0.2) is 18.2 Å². The molecule has 0 spiro atoms. The molecule has 3 nitrogen and oxygen atoms in total. The van der Waals surface area contributed by atoms with Crippen molar-refractivity contribution in [3.05, 3.63) is 23.8 Å². The zero-order chi connectivity index (χ0) is 10.8. The lowest BCUT2D eigenvalue weighted by molar-refractivity contribution is 0.402. The third-order valence-corrected chi connectivity index (χ3v) is 2.37. The Kier molecular flexibility index (Phi) is 3.01. The highest BCUT2D eigenvalue weighted by Gasteiger charge is 2.17. The molecule has 0 bridgehead atoms. The molecule has 1 aromatic carbocycles. The van der Waals surface area contributed by atoms with Crippen LogP contribution in [-0.2, 0) is 6.42 Å². The van der Waals surface area contributed by atoms with Crippen LogP contribution >= 0.6 is 0 Å². The molecular formula is C11H17NO2. The minimum atomic E-state index is -0.0920. The number of likely N-dealkylation sites (N-methyl/N-ethyl adjacent to an activating group) is 1. The second-order valence-corrected chi connectivity index (χ2v) is 4.12. The average Bonchev–Trinajstić information content (AvgIpc) is 2.11. The van der Waals surface area contributed by atoms with Gasteiger partial charge in [0.2, 0.25) is 0 Å². The van der Waals surface area contributed by atoms with Crippen LogP contribution in [0.2, 0.25) is 0 Å². The van der Waals surface area contributed by atoms with Crippen molar-refractivity contribution in [1.82, 2.24) is 5.32 Å². The quantitative estimate of drug-likeness (QED) is 0.643. The Bertz CT molecular complexity index is 321. The molecule has 0 fully saturated rings. The number of nitrogens with one attached hydrogen (secondary N) is 1. The summed E-state index contributed by atoms with van der Waals surface area (Å²) in [5.41, 5.74) is 0.662. The minimum Gasteiger partial charge on any atom is -0.508 e. The van der Waals surface area contributed by atoms with Crippen LogP contribution in [0.1, 0.15) is 19.4 Å². The standard InChI is InChI=1S/C11H17NO2/c1-11(2,12-3)7-8-6-9(13)4-5-10(8)14/h4-6,12-14H,7H2,1-3H3. The maximum absolute atomic E-state index is 9.55. The second-order valence-electron chi connectivity index (χ2n) is 4.12. The zero-order valence-corrected chi connectivity index (χ0v) is 8.83. The molecule has 14 heavy (non-hydrogen) atoms. The van der Waals surface area contributed by atoms with Crippen molar-refractivity contribution in [3.63, 3.8) is 0 Å². The van der Waals surface area contributed by atoms with Crippen LogP contribution in [0, 0.1) is 0 Å². The van der Waals surface area contributed by atoms with Gasteiger partial charge in [0.25, 0.3) is 0 Å². The number of hydrogen-bond donors (Lipinski definition) is 3. The Morgan fingerprint density at radius 1 is 1.29 bits per heavy atom. The van der Waals surface area contributed by atoms with Crippen molar-refractivity contribution in [2.24, 2.45) is 0 Å². The highest BCUT2D eigenvalue weighted by atomic mass is 16.3. The maximum Gasteiger partial charge on any atom is 0.119 e. The lowest BCUT2D eigenvalue weighted by atomic mass is 9.94. The predicted molar refractivity (Wildman–Crippen MR) is 56.6 cm³/mol. The van der Waals surface area contributed by atoms with Crippen molar-refractivity contribution >= 4 is 0 Å². The summed E-state index contributed by atoms with van der Waals surface area (Å²) in [7, 11) is 1.87. The fraction of sp³-hybridized carbons (Fsp3) is 0.455. The van der Waals surface area contributed by atoms with Gasteiger partial charge in [-0.25, -0.2) is 0 Å². The number of hydrogen-bond acceptors (Lipinski definition) is 3. The van der Waals surface area contributed by atoms with E-state index in [1.807, 2.05) is 20.9 Å². The molecule has 0 saturated heterocycles. The van der Waals surface area contributed by atoms with Gasteiger partial charge in [-0.1, -0.05) is 0 Å². The van der Waals surface area contributed by atoms with Gasteiger partial charge in [-0.3, -0.25) is 0 Å². The first-order chi connectivity index (χ1) is 6.44. The lowest BCUT2D eigenvalue weighted by Crippen LogP contribution is -2.38. The van der Waals surface area contributed by atoms with E-state index in [0.717, 1.165) is 5.56 Å². The lowest BCUT2D eigenvalue weighted by Gasteiger charge is -2.24. The van der Waals surface area contributed by atoms with E-state index in [1.54, 1.807) is 6.07 Å². The van der Waals surface area contributed by atoms with Crippen LogP contribution in [0.4, 0.5) is 0 Å². The molecule has 3 heteroatoms. The van der Waals surface area contributed by atoms with Crippen molar-refractivity contribution in [1.29, 1.82) is 0 Å². The van der Waals surface area contributed by atoms with Crippen molar-refractivity contribution in [3.8, 4) is 11.5 Å². The number of phenolic OH excluding ortho intramolecular Hbond substituents is 2. The summed E-state index contributed by atoms with van der Waals surface area (Å²) < 4.78 is 0. The van der Waals surface area contributed by atoms with Gasteiger partial charge in [-0.05, 0) is 51.1 Å². The van der Waals surface area contributed by atoms with Gasteiger partial charge in [0.1, 0.15) is 11.5 Å². The smallest absolute Gasteiger partial charge is 0.119 e. The predicted octanol–water partition coefficient (Wildman–Crippen LogP) is 1.64. The van der Waals surface area contributed by atoms with Crippen LogP contribution in [-0.4, -0.2) is 22.8 Å². The van der Waals surface area contributed by atoms with E-state index in [1.165, 1.54) is 12.1 Å². The molecule has 0 saturated carbocycles. The molecule has 1 aromatic rings. The van der Waals surface area contributed by atoms with Gasteiger partial charge in [-0.2, -0.15) is 0 Å². The van der Waals surface area contributed by atoms with Crippen molar-refractivity contribution in [2.45, 2.75) is 25.8 Å². The molecule has 0 unspecified atom stereocenters. The first kappa shape index (κ1) is 10.9. The van der Waals surface area contributed by atoms with Gasteiger partial charge in [-0.15, -0.1) is 0 Å². The van der Waals surface area contributed by atoms with Gasteiger partial charge in [0.15, 0.2) is 0 Å². The van der Waals surface area contributed by atoms with Gasteiger partial charge < -0.3 is 15.5 Å². The largest absolute Gasteiger partial charge is 0.508 e. The third-order valence-electron chi connectivity index (χ3n) is 2.37. The van der Waals surface area contributed by atoms with E-state index in [0.29, 0.717) is 6.42 Å². The topological polar surface area (TPSA) is 52.5 Å². The van der Waals surface area contributed by atoms with Crippen LogP contribution in [0.5, 0.6) is 11.5 Å². The molecule has 0 aliphatic heterocycles. The highest BCUT2D eigenvalue weighted by molar-refractivity contribution is 5.39. The summed E-state index contributed by atoms with van der Waals surface area (Å²) in [5, 5.41) is 22.0. The van der Waals surface area contributed by atoms with E-state index in [-0.39, 0.29) is 17.0 Å². The Balaban J connectivity index is 2.91. The summed E-state index contributed by atoms with van der Waals surface area (Å²) in [6.45, 7) is 4.08. The summed E-state index contributed by atoms with van der Waals surface area (Å²) >= 11 is 0. The maximum atomic E-state index is 9.55. The fourth-order valence-corrected chi connectivity index (χ4v) is 1.28. The number of aromatic hydroxyl groups is 2. The summed E-state index contributed by atoms with van der Waals surface area (Å²) in [6, 6.07) is 4.58. The Morgan fingerprint density at radius 3 is 2.50 bits per heavy atom. The normalized spacial score (nSPS) is 11.6. The van der Waals surface area contributed by atoms with E-state index >= 15 is 0 Å². The molecule has 0 heterocycles. The molecule has 1 rings (SSSR count). The van der Waals surface area contributed by atoms with E-state index in [2.05, 4.69) is 5.32 Å². The summed E-state index contributed by atoms with van der Waals surface area (Å²) in [6.07, 6.45) is 0.670. The summed E-state index contributed by atoms with van der Waals surface area (Å²) in [5.74, 6) is 0.413. The molecule has 0 amide bonds. The number of phenols is 2. The Labute approximate surface area is 84.4 Å². The van der Waals surface area contributed by atoms with Crippen LogP contribution in [0.25, 0.3) is 0 Å². The molecule has 0 atom stereocenters. The first-order valence-electron chi connectivity index (χ1n) is 4.64. The van der Waals surface area contributed by atoms with E-state index in [9.17, 15) is 10.2 Å². The van der Waals surface area contributed by atoms with Gasteiger partial charge in [0, 0.05) is 5.54 Å². The minimum absolute atomic E-state index is 0.0920.